The van der Waals surface area contributed by atoms with Gasteiger partial charge in [0.1, 0.15) is 0 Å². The monoisotopic (exact) mass is 184 g/mol. The average Bonchev–Trinajstić information content (AvgIpc) is 2.15. The van der Waals surface area contributed by atoms with Gasteiger partial charge in [-0.3, -0.25) is 0 Å². The Morgan fingerprint density at radius 3 is 2.31 bits per heavy atom. The Morgan fingerprint density at radius 2 is 1.92 bits per heavy atom. The number of allylic oxidation sites excluding steroid dienone is 1. The lowest BCUT2D eigenvalue weighted by molar-refractivity contribution is 0.0856. The first kappa shape index (κ1) is 12.4. The average molecular weight is 184 g/mol. The maximum atomic E-state index is 9.52. The standard InChI is InChI=1S/C11H20O2/c1-4-7-9(11(13)6-3)8-10(12)5-2/h4,6,9-13H,1,3,5,7-8H2,2H3. The topological polar surface area (TPSA) is 40.5 Å². The molecule has 0 rings (SSSR count). The van der Waals surface area contributed by atoms with Crippen molar-refractivity contribution >= 4 is 0 Å². The predicted octanol–water partition coefficient (Wildman–Crippen LogP) is 1.89. The van der Waals surface area contributed by atoms with Crippen LogP contribution in [0.4, 0.5) is 0 Å². The van der Waals surface area contributed by atoms with E-state index < -0.39 is 6.10 Å². The Balaban J connectivity index is 4.07. The van der Waals surface area contributed by atoms with Gasteiger partial charge >= 0.3 is 0 Å². The molecule has 2 nitrogen and oxygen atoms in total. The van der Waals surface area contributed by atoms with Gasteiger partial charge in [0.05, 0.1) is 12.2 Å². The lowest BCUT2D eigenvalue weighted by Crippen LogP contribution is -2.22. The van der Waals surface area contributed by atoms with E-state index in [2.05, 4.69) is 13.2 Å². The van der Waals surface area contributed by atoms with E-state index in [-0.39, 0.29) is 12.0 Å². The zero-order valence-corrected chi connectivity index (χ0v) is 8.32. The van der Waals surface area contributed by atoms with E-state index in [0.717, 1.165) is 6.42 Å². The smallest absolute Gasteiger partial charge is 0.0750 e. The maximum Gasteiger partial charge on any atom is 0.0750 e. The molecule has 0 heterocycles. The van der Waals surface area contributed by atoms with Crippen molar-refractivity contribution in [3.8, 4) is 0 Å². The van der Waals surface area contributed by atoms with E-state index in [1.165, 1.54) is 6.08 Å². The first-order valence-electron chi connectivity index (χ1n) is 4.75. The second-order valence-electron chi connectivity index (χ2n) is 3.31. The zero-order valence-electron chi connectivity index (χ0n) is 8.32. The Labute approximate surface area is 80.6 Å². The first-order chi connectivity index (χ1) is 6.15. The largest absolute Gasteiger partial charge is 0.393 e. The van der Waals surface area contributed by atoms with Crippen LogP contribution < -0.4 is 0 Å². The van der Waals surface area contributed by atoms with E-state index in [1.807, 2.05) is 6.92 Å². The van der Waals surface area contributed by atoms with E-state index in [1.54, 1.807) is 6.08 Å². The lowest BCUT2D eigenvalue weighted by atomic mass is 9.91. The molecule has 0 aliphatic heterocycles. The van der Waals surface area contributed by atoms with Crippen LogP contribution in [0.5, 0.6) is 0 Å². The molecule has 0 aliphatic rings. The number of aliphatic hydroxyl groups is 2. The third-order valence-electron chi connectivity index (χ3n) is 2.24. The SMILES string of the molecule is C=CCC(CC(O)CC)C(O)C=C. The molecule has 0 aromatic rings. The highest BCUT2D eigenvalue weighted by atomic mass is 16.3. The zero-order chi connectivity index (χ0) is 10.3. The van der Waals surface area contributed by atoms with Gasteiger partial charge in [0.2, 0.25) is 0 Å². The Hall–Kier alpha value is -0.600. The molecule has 2 N–H and O–H groups in total. The maximum absolute atomic E-state index is 9.52. The third kappa shape index (κ3) is 4.86. The lowest BCUT2D eigenvalue weighted by Gasteiger charge is -2.21. The fraction of sp³-hybridized carbons (Fsp3) is 0.636. The van der Waals surface area contributed by atoms with Gasteiger partial charge in [0.25, 0.3) is 0 Å². The normalized spacial score (nSPS) is 17.5. The summed E-state index contributed by atoms with van der Waals surface area (Å²) >= 11 is 0. The fourth-order valence-corrected chi connectivity index (χ4v) is 1.30. The molecule has 3 unspecified atom stereocenters. The summed E-state index contributed by atoms with van der Waals surface area (Å²) in [6, 6.07) is 0. The van der Waals surface area contributed by atoms with Gasteiger partial charge in [-0.2, -0.15) is 0 Å². The van der Waals surface area contributed by atoms with Crippen molar-refractivity contribution in [2.45, 2.75) is 38.4 Å². The number of hydrogen-bond donors (Lipinski definition) is 2. The van der Waals surface area contributed by atoms with Crippen molar-refractivity contribution < 1.29 is 10.2 Å². The van der Waals surface area contributed by atoms with Gasteiger partial charge in [0, 0.05) is 0 Å². The molecular weight excluding hydrogens is 164 g/mol. The summed E-state index contributed by atoms with van der Waals surface area (Å²) in [5, 5.41) is 18.9. The van der Waals surface area contributed by atoms with Gasteiger partial charge < -0.3 is 10.2 Å². The molecule has 0 amide bonds. The summed E-state index contributed by atoms with van der Waals surface area (Å²) in [5.41, 5.74) is 0. The summed E-state index contributed by atoms with van der Waals surface area (Å²) in [5.74, 6) is 0.0462. The van der Waals surface area contributed by atoms with Crippen LogP contribution in [0, 0.1) is 5.92 Å². The molecule has 13 heavy (non-hydrogen) atoms. The highest BCUT2D eigenvalue weighted by Gasteiger charge is 2.17. The molecule has 0 fully saturated rings. The van der Waals surface area contributed by atoms with Crippen molar-refractivity contribution in [1.82, 2.24) is 0 Å². The minimum Gasteiger partial charge on any atom is -0.393 e. The van der Waals surface area contributed by atoms with Crippen LogP contribution in [0.2, 0.25) is 0 Å². The minimum absolute atomic E-state index is 0.0462. The first-order valence-corrected chi connectivity index (χ1v) is 4.75. The van der Waals surface area contributed by atoms with Gasteiger partial charge in [-0.15, -0.1) is 13.2 Å². The van der Waals surface area contributed by atoms with Gasteiger partial charge in [0.15, 0.2) is 0 Å². The van der Waals surface area contributed by atoms with Crippen molar-refractivity contribution in [3.05, 3.63) is 25.3 Å². The molecule has 0 aromatic carbocycles. The van der Waals surface area contributed by atoms with Crippen LogP contribution in [0.1, 0.15) is 26.2 Å². The molecule has 76 valence electrons. The Kier molecular flexibility index (Phi) is 6.55. The summed E-state index contributed by atoms with van der Waals surface area (Å²) in [6.45, 7) is 9.08. The summed E-state index contributed by atoms with van der Waals surface area (Å²) in [6.07, 6.45) is 4.44. The summed E-state index contributed by atoms with van der Waals surface area (Å²) < 4.78 is 0. The summed E-state index contributed by atoms with van der Waals surface area (Å²) in [7, 11) is 0. The third-order valence-corrected chi connectivity index (χ3v) is 2.24. The van der Waals surface area contributed by atoms with Crippen molar-refractivity contribution in [3.63, 3.8) is 0 Å². The van der Waals surface area contributed by atoms with E-state index in [9.17, 15) is 10.2 Å². The fourth-order valence-electron chi connectivity index (χ4n) is 1.30. The van der Waals surface area contributed by atoms with E-state index >= 15 is 0 Å². The molecule has 0 radical (unpaired) electrons. The van der Waals surface area contributed by atoms with Crippen LogP contribution in [-0.2, 0) is 0 Å². The molecule has 2 heteroatoms. The molecule has 0 aliphatic carbocycles. The quantitative estimate of drug-likeness (QED) is 0.593. The predicted molar refractivity (Wildman–Crippen MR) is 55.4 cm³/mol. The molecule has 0 saturated heterocycles. The highest BCUT2D eigenvalue weighted by Crippen LogP contribution is 2.18. The number of rotatable bonds is 7. The second-order valence-corrected chi connectivity index (χ2v) is 3.31. The number of hydrogen-bond acceptors (Lipinski definition) is 2. The molecular formula is C11H20O2. The van der Waals surface area contributed by atoms with Gasteiger partial charge in [-0.1, -0.05) is 19.1 Å². The van der Waals surface area contributed by atoms with Gasteiger partial charge in [-0.25, -0.2) is 0 Å². The van der Waals surface area contributed by atoms with Crippen molar-refractivity contribution in [1.29, 1.82) is 0 Å². The Morgan fingerprint density at radius 1 is 1.31 bits per heavy atom. The Bertz CT molecular complexity index is 154. The molecule has 0 spiro atoms. The highest BCUT2D eigenvalue weighted by molar-refractivity contribution is 4.88. The van der Waals surface area contributed by atoms with Crippen LogP contribution in [0.25, 0.3) is 0 Å². The number of aliphatic hydroxyl groups excluding tert-OH is 2. The summed E-state index contributed by atoms with van der Waals surface area (Å²) in [4.78, 5) is 0. The minimum atomic E-state index is -0.542. The van der Waals surface area contributed by atoms with Crippen LogP contribution in [0.3, 0.4) is 0 Å². The van der Waals surface area contributed by atoms with E-state index in [4.69, 9.17) is 0 Å². The molecule has 0 saturated carbocycles. The van der Waals surface area contributed by atoms with Crippen LogP contribution >= 0.6 is 0 Å². The van der Waals surface area contributed by atoms with Gasteiger partial charge in [-0.05, 0) is 25.2 Å². The van der Waals surface area contributed by atoms with Crippen LogP contribution in [0.15, 0.2) is 25.3 Å². The molecule has 0 aromatic heterocycles. The molecule has 3 atom stereocenters. The van der Waals surface area contributed by atoms with E-state index in [0.29, 0.717) is 12.8 Å². The second kappa shape index (κ2) is 6.87. The molecule has 0 bridgehead atoms. The van der Waals surface area contributed by atoms with Crippen molar-refractivity contribution in [2.75, 3.05) is 0 Å². The van der Waals surface area contributed by atoms with Crippen LogP contribution in [-0.4, -0.2) is 22.4 Å². The van der Waals surface area contributed by atoms with Crippen molar-refractivity contribution in [2.24, 2.45) is 5.92 Å².